The lowest BCUT2D eigenvalue weighted by Crippen LogP contribution is -2.01. The SMILES string of the molecule is OC(c1cc2ccccc2o1)c1cc(Br)ccc1F. The van der Waals surface area contributed by atoms with Crippen LogP contribution in [0.5, 0.6) is 0 Å². The molecule has 0 aliphatic rings. The topological polar surface area (TPSA) is 33.4 Å². The highest BCUT2D eigenvalue weighted by Gasteiger charge is 2.19. The second-order valence-corrected chi connectivity index (χ2v) is 5.17. The number of furan rings is 1. The lowest BCUT2D eigenvalue weighted by molar-refractivity contribution is 0.187. The first kappa shape index (κ1) is 12.4. The first-order valence-corrected chi connectivity index (χ1v) is 6.56. The van der Waals surface area contributed by atoms with Gasteiger partial charge in [-0.3, -0.25) is 0 Å². The van der Waals surface area contributed by atoms with Crippen LogP contribution in [0.15, 0.2) is 57.4 Å². The Morgan fingerprint density at radius 1 is 1.11 bits per heavy atom. The van der Waals surface area contributed by atoms with Crippen LogP contribution in [0.3, 0.4) is 0 Å². The van der Waals surface area contributed by atoms with Gasteiger partial charge in [0.15, 0.2) is 0 Å². The molecule has 1 aromatic heterocycles. The fourth-order valence-electron chi connectivity index (χ4n) is 2.01. The molecule has 19 heavy (non-hydrogen) atoms. The summed E-state index contributed by atoms with van der Waals surface area (Å²) >= 11 is 3.26. The van der Waals surface area contributed by atoms with Gasteiger partial charge in [0.25, 0.3) is 0 Å². The quantitative estimate of drug-likeness (QED) is 0.758. The van der Waals surface area contributed by atoms with Gasteiger partial charge < -0.3 is 9.52 Å². The molecule has 1 heterocycles. The lowest BCUT2D eigenvalue weighted by Gasteiger charge is -2.09. The largest absolute Gasteiger partial charge is 0.458 e. The fraction of sp³-hybridized carbons (Fsp3) is 0.0667. The van der Waals surface area contributed by atoms with E-state index in [-0.39, 0.29) is 5.56 Å². The Morgan fingerprint density at radius 2 is 1.89 bits per heavy atom. The number of benzene rings is 2. The van der Waals surface area contributed by atoms with Gasteiger partial charge in [0, 0.05) is 15.4 Å². The Balaban J connectivity index is 2.07. The Morgan fingerprint density at radius 3 is 2.68 bits per heavy atom. The molecule has 2 nitrogen and oxygen atoms in total. The van der Waals surface area contributed by atoms with E-state index >= 15 is 0 Å². The molecule has 0 spiro atoms. The van der Waals surface area contributed by atoms with Crippen molar-refractivity contribution >= 4 is 26.9 Å². The second-order valence-electron chi connectivity index (χ2n) is 4.25. The maximum Gasteiger partial charge on any atom is 0.140 e. The van der Waals surface area contributed by atoms with Crippen molar-refractivity contribution in [3.63, 3.8) is 0 Å². The highest BCUT2D eigenvalue weighted by molar-refractivity contribution is 9.10. The van der Waals surface area contributed by atoms with Gasteiger partial charge in [0.2, 0.25) is 0 Å². The van der Waals surface area contributed by atoms with Gasteiger partial charge in [-0.2, -0.15) is 0 Å². The molecule has 3 rings (SSSR count). The molecule has 0 aliphatic heterocycles. The van der Waals surface area contributed by atoms with Crippen molar-refractivity contribution in [2.24, 2.45) is 0 Å². The normalized spacial score (nSPS) is 12.8. The van der Waals surface area contributed by atoms with Crippen LogP contribution in [-0.2, 0) is 0 Å². The molecule has 0 saturated carbocycles. The average Bonchev–Trinajstić information content (AvgIpc) is 2.84. The van der Waals surface area contributed by atoms with Gasteiger partial charge in [-0.15, -0.1) is 0 Å². The van der Waals surface area contributed by atoms with Crippen LogP contribution in [0.4, 0.5) is 4.39 Å². The predicted molar refractivity (Wildman–Crippen MR) is 74.4 cm³/mol. The van der Waals surface area contributed by atoms with Crippen LogP contribution in [0.2, 0.25) is 0 Å². The number of hydrogen-bond acceptors (Lipinski definition) is 2. The summed E-state index contributed by atoms with van der Waals surface area (Å²) in [5, 5.41) is 11.1. The minimum Gasteiger partial charge on any atom is -0.458 e. The fourth-order valence-corrected chi connectivity index (χ4v) is 2.39. The zero-order valence-electron chi connectivity index (χ0n) is 9.81. The molecule has 1 N–H and O–H groups in total. The van der Waals surface area contributed by atoms with Crippen LogP contribution in [0.25, 0.3) is 11.0 Å². The van der Waals surface area contributed by atoms with Gasteiger partial charge in [-0.25, -0.2) is 4.39 Å². The van der Waals surface area contributed by atoms with Crippen molar-refractivity contribution in [2.75, 3.05) is 0 Å². The summed E-state index contributed by atoms with van der Waals surface area (Å²) in [6.07, 6.45) is -1.12. The van der Waals surface area contributed by atoms with E-state index in [0.29, 0.717) is 15.8 Å². The molecule has 0 fully saturated rings. The molecular weight excluding hydrogens is 311 g/mol. The number of rotatable bonds is 2. The highest BCUT2D eigenvalue weighted by atomic mass is 79.9. The van der Waals surface area contributed by atoms with E-state index in [9.17, 15) is 9.50 Å². The summed E-state index contributed by atoms with van der Waals surface area (Å²) in [6, 6.07) is 13.6. The van der Waals surface area contributed by atoms with E-state index in [1.54, 1.807) is 18.2 Å². The summed E-state index contributed by atoms with van der Waals surface area (Å²) < 4.78 is 20.0. The van der Waals surface area contributed by atoms with Gasteiger partial charge in [0.1, 0.15) is 23.3 Å². The van der Waals surface area contributed by atoms with Crippen molar-refractivity contribution in [1.82, 2.24) is 0 Å². The first-order valence-electron chi connectivity index (χ1n) is 5.76. The molecule has 0 radical (unpaired) electrons. The molecule has 2 aromatic carbocycles. The van der Waals surface area contributed by atoms with Gasteiger partial charge in [-0.1, -0.05) is 34.1 Å². The molecule has 4 heteroatoms. The molecule has 0 aliphatic carbocycles. The first-order chi connectivity index (χ1) is 9.15. The van der Waals surface area contributed by atoms with E-state index in [2.05, 4.69) is 15.9 Å². The molecule has 0 saturated heterocycles. The van der Waals surface area contributed by atoms with Crippen molar-refractivity contribution in [2.45, 2.75) is 6.10 Å². The Hall–Kier alpha value is -1.65. The van der Waals surface area contributed by atoms with Gasteiger partial charge in [-0.05, 0) is 30.3 Å². The zero-order valence-corrected chi connectivity index (χ0v) is 11.4. The van der Waals surface area contributed by atoms with Gasteiger partial charge >= 0.3 is 0 Å². The smallest absolute Gasteiger partial charge is 0.140 e. The monoisotopic (exact) mass is 320 g/mol. The number of fused-ring (bicyclic) bond motifs is 1. The third-order valence-electron chi connectivity index (χ3n) is 2.97. The van der Waals surface area contributed by atoms with E-state index in [0.717, 1.165) is 5.39 Å². The van der Waals surface area contributed by atoms with Crippen LogP contribution in [0.1, 0.15) is 17.4 Å². The minimum atomic E-state index is -1.12. The van der Waals surface area contributed by atoms with Crippen molar-refractivity contribution in [3.8, 4) is 0 Å². The molecule has 3 aromatic rings. The van der Waals surface area contributed by atoms with Crippen LogP contribution in [0, 0.1) is 5.82 Å². The number of aliphatic hydroxyl groups is 1. The van der Waals surface area contributed by atoms with E-state index in [4.69, 9.17) is 4.42 Å². The minimum absolute atomic E-state index is 0.188. The predicted octanol–water partition coefficient (Wildman–Crippen LogP) is 4.42. The van der Waals surface area contributed by atoms with Crippen LogP contribution >= 0.6 is 15.9 Å². The number of hydrogen-bond donors (Lipinski definition) is 1. The van der Waals surface area contributed by atoms with Crippen molar-refractivity contribution in [1.29, 1.82) is 0 Å². The van der Waals surface area contributed by atoms with E-state index in [1.165, 1.54) is 6.07 Å². The highest BCUT2D eigenvalue weighted by Crippen LogP contribution is 2.30. The standard InChI is InChI=1S/C15H10BrFO2/c16-10-5-6-12(17)11(8-10)15(18)14-7-9-3-1-2-4-13(9)19-14/h1-8,15,18H. The van der Waals surface area contributed by atoms with Gasteiger partial charge in [0.05, 0.1) is 0 Å². The summed E-state index contributed by atoms with van der Waals surface area (Å²) in [7, 11) is 0. The molecule has 96 valence electrons. The van der Waals surface area contributed by atoms with E-state index < -0.39 is 11.9 Å². The molecule has 1 atom stereocenters. The number of para-hydroxylation sites is 1. The van der Waals surface area contributed by atoms with Crippen molar-refractivity contribution < 1.29 is 13.9 Å². The van der Waals surface area contributed by atoms with Crippen molar-refractivity contribution in [3.05, 3.63) is 70.1 Å². The maximum atomic E-state index is 13.7. The number of halogens is 2. The molecular formula is C15H10BrFO2. The molecule has 0 bridgehead atoms. The second kappa shape index (κ2) is 4.79. The summed E-state index contributed by atoms with van der Waals surface area (Å²) in [5.41, 5.74) is 0.861. The average molecular weight is 321 g/mol. The molecule has 0 amide bonds. The summed E-state index contributed by atoms with van der Waals surface area (Å²) in [5.74, 6) is -0.130. The Kier molecular flexibility index (Phi) is 3.12. The lowest BCUT2D eigenvalue weighted by atomic mass is 10.1. The van der Waals surface area contributed by atoms with Crippen LogP contribution in [-0.4, -0.2) is 5.11 Å². The number of aliphatic hydroxyl groups excluding tert-OH is 1. The summed E-state index contributed by atoms with van der Waals surface area (Å²) in [4.78, 5) is 0. The molecule has 1 unspecified atom stereocenters. The summed E-state index contributed by atoms with van der Waals surface area (Å²) in [6.45, 7) is 0. The Bertz CT molecular complexity index is 703. The Labute approximate surface area is 117 Å². The van der Waals surface area contributed by atoms with Crippen LogP contribution < -0.4 is 0 Å². The third kappa shape index (κ3) is 2.29. The van der Waals surface area contributed by atoms with E-state index in [1.807, 2.05) is 24.3 Å². The maximum absolute atomic E-state index is 13.7. The third-order valence-corrected chi connectivity index (χ3v) is 3.46. The zero-order chi connectivity index (χ0) is 13.4.